The van der Waals surface area contributed by atoms with Gasteiger partial charge in [-0.05, 0) is 35.9 Å². The van der Waals surface area contributed by atoms with Gasteiger partial charge in [-0.25, -0.2) is 0 Å². The third-order valence-corrected chi connectivity index (χ3v) is 4.96. The lowest BCUT2D eigenvalue weighted by atomic mass is 10.0. The molecule has 0 N–H and O–H groups in total. The van der Waals surface area contributed by atoms with Gasteiger partial charge in [0.05, 0.1) is 12.5 Å². The Labute approximate surface area is 128 Å². The van der Waals surface area contributed by atoms with E-state index in [0.29, 0.717) is 6.42 Å². The number of halogens is 1. The third-order valence-electron chi connectivity index (χ3n) is 3.74. The van der Waals surface area contributed by atoms with Crippen LogP contribution in [0.3, 0.4) is 0 Å². The largest absolute Gasteiger partial charge is 0.335 e. The van der Waals surface area contributed by atoms with Gasteiger partial charge in [-0.3, -0.25) is 4.79 Å². The highest BCUT2D eigenvalue weighted by molar-refractivity contribution is 7.10. The molecule has 2 heterocycles. The number of rotatable bonds is 3. The van der Waals surface area contributed by atoms with Crippen LogP contribution in [0.15, 0.2) is 41.8 Å². The van der Waals surface area contributed by atoms with E-state index in [-0.39, 0.29) is 11.9 Å². The van der Waals surface area contributed by atoms with E-state index >= 15 is 0 Å². The summed E-state index contributed by atoms with van der Waals surface area (Å²) in [5.74, 6) is 0.204. The van der Waals surface area contributed by atoms with E-state index in [1.807, 2.05) is 46.7 Å². The first-order valence-corrected chi connectivity index (χ1v) is 8.08. The molecule has 1 aromatic carbocycles. The third kappa shape index (κ3) is 2.74. The Balaban J connectivity index is 1.79. The molecule has 2 aromatic rings. The average molecular weight is 306 g/mol. The topological polar surface area (TPSA) is 20.3 Å². The fourth-order valence-electron chi connectivity index (χ4n) is 2.80. The van der Waals surface area contributed by atoms with Crippen LogP contribution in [0.4, 0.5) is 0 Å². The molecular weight excluding hydrogens is 290 g/mol. The molecule has 3 rings (SSSR count). The van der Waals surface area contributed by atoms with E-state index in [2.05, 4.69) is 0 Å². The Morgan fingerprint density at radius 2 is 2.15 bits per heavy atom. The molecule has 4 heteroatoms. The number of amides is 1. The van der Waals surface area contributed by atoms with Crippen LogP contribution in [0.5, 0.6) is 0 Å². The van der Waals surface area contributed by atoms with Crippen LogP contribution < -0.4 is 0 Å². The van der Waals surface area contributed by atoms with Crippen molar-refractivity contribution in [2.24, 2.45) is 0 Å². The molecule has 0 unspecified atom stereocenters. The number of hydrogen-bond donors (Lipinski definition) is 0. The van der Waals surface area contributed by atoms with Crippen molar-refractivity contribution in [1.82, 2.24) is 4.90 Å². The standard InChI is InChI=1S/C16H16ClNOS/c17-14-7-2-1-6-13(14)15-8-3-9-18(15)16(19)11-12-5-4-10-20-12/h1-2,4-7,10,15H,3,8-9,11H2/t15-/m1/s1. The van der Waals surface area contributed by atoms with Gasteiger partial charge in [0, 0.05) is 16.4 Å². The van der Waals surface area contributed by atoms with Crippen molar-refractivity contribution in [3.05, 3.63) is 57.2 Å². The van der Waals surface area contributed by atoms with Crippen LogP contribution in [-0.4, -0.2) is 17.4 Å². The minimum atomic E-state index is 0.135. The number of thiophene rings is 1. The second-order valence-corrected chi connectivity index (χ2v) is 6.46. The maximum atomic E-state index is 12.5. The van der Waals surface area contributed by atoms with Crippen molar-refractivity contribution in [3.8, 4) is 0 Å². The molecule has 1 aromatic heterocycles. The number of nitrogens with zero attached hydrogens (tertiary/aromatic N) is 1. The molecule has 0 bridgehead atoms. The minimum absolute atomic E-state index is 0.135. The van der Waals surface area contributed by atoms with Crippen molar-refractivity contribution < 1.29 is 4.79 Å². The van der Waals surface area contributed by atoms with E-state index < -0.39 is 0 Å². The smallest absolute Gasteiger partial charge is 0.228 e. The zero-order chi connectivity index (χ0) is 13.9. The molecule has 104 valence electrons. The van der Waals surface area contributed by atoms with Crippen molar-refractivity contribution in [2.45, 2.75) is 25.3 Å². The Morgan fingerprint density at radius 1 is 1.30 bits per heavy atom. The lowest BCUT2D eigenvalue weighted by Crippen LogP contribution is -2.31. The van der Waals surface area contributed by atoms with Gasteiger partial charge in [-0.1, -0.05) is 35.9 Å². The Morgan fingerprint density at radius 3 is 2.90 bits per heavy atom. The molecule has 20 heavy (non-hydrogen) atoms. The van der Waals surface area contributed by atoms with E-state index in [4.69, 9.17) is 11.6 Å². The average Bonchev–Trinajstić information content (AvgIpc) is 3.09. The van der Waals surface area contributed by atoms with Gasteiger partial charge in [-0.15, -0.1) is 11.3 Å². The molecule has 1 atom stereocenters. The van der Waals surface area contributed by atoms with Crippen LogP contribution in [0.25, 0.3) is 0 Å². The van der Waals surface area contributed by atoms with Crippen molar-refractivity contribution in [3.63, 3.8) is 0 Å². The summed E-state index contributed by atoms with van der Waals surface area (Å²) in [5.41, 5.74) is 1.08. The fraction of sp³-hybridized carbons (Fsp3) is 0.312. The molecular formula is C16H16ClNOS. The summed E-state index contributed by atoms with van der Waals surface area (Å²) in [5, 5.41) is 2.77. The van der Waals surface area contributed by atoms with E-state index in [1.54, 1.807) is 11.3 Å². The van der Waals surface area contributed by atoms with Gasteiger partial charge in [-0.2, -0.15) is 0 Å². The van der Waals surface area contributed by atoms with Crippen LogP contribution in [-0.2, 0) is 11.2 Å². The first-order chi connectivity index (χ1) is 9.75. The van der Waals surface area contributed by atoms with Crippen LogP contribution in [0, 0.1) is 0 Å². The van der Waals surface area contributed by atoms with Crippen LogP contribution in [0.1, 0.15) is 29.3 Å². The number of hydrogen-bond acceptors (Lipinski definition) is 2. The zero-order valence-electron chi connectivity index (χ0n) is 11.1. The van der Waals surface area contributed by atoms with Crippen LogP contribution >= 0.6 is 22.9 Å². The summed E-state index contributed by atoms with van der Waals surface area (Å²) < 4.78 is 0. The normalized spacial score (nSPS) is 18.4. The van der Waals surface area contributed by atoms with Gasteiger partial charge in [0.15, 0.2) is 0 Å². The van der Waals surface area contributed by atoms with E-state index in [9.17, 15) is 4.79 Å². The van der Waals surface area contributed by atoms with E-state index in [1.165, 1.54) is 0 Å². The molecule has 1 saturated heterocycles. The maximum Gasteiger partial charge on any atom is 0.228 e. The Bertz CT molecular complexity index is 596. The number of likely N-dealkylation sites (tertiary alicyclic amines) is 1. The van der Waals surface area contributed by atoms with Gasteiger partial charge in [0.2, 0.25) is 5.91 Å². The summed E-state index contributed by atoms with van der Waals surface area (Å²) in [6.45, 7) is 0.833. The summed E-state index contributed by atoms with van der Waals surface area (Å²) in [4.78, 5) is 15.6. The van der Waals surface area contributed by atoms with Crippen molar-refractivity contribution in [1.29, 1.82) is 0 Å². The Kier molecular flexibility index (Phi) is 4.08. The van der Waals surface area contributed by atoms with Gasteiger partial charge in [0.25, 0.3) is 0 Å². The first kappa shape index (κ1) is 13.7. The maximum absolute atomic E-state index is 12.5. The van der Waals surface area contributed by atoms with Crippen molar-refractivity contribution in [2.75, 3.05) is 6.54 Å². The van der Waals surface area contributed by atoms with Gasteiger partial charge in [0.1, 0.15) is 0 Å². The number of carbonyl (C=O) groups is 1. The second-order valence-electron chi connectivity index (χ2n) is 5.02. The predicted octanol–water partition coefficient (Wildman–Crippen LogP) is 4.31. The molecule has 0 aliphatic carbocycles. The molecule has 0 radical (unpaired) electrons. The van der Waals surface area contributed by atoms with Crippen LogP contribution in [0.2, 0.25) is 5.02 Å². The SMILES string of the molecule is O=C(Cc1cccs1)N1CCC[C@@H]1c1ccccc1Cl. The van der Waals surface area contributed by atoms with E-state index in [0.717, 1.165) is 34.8 Å². The number of carbonyl (C=O) groups excluding carboxylic acids is 1. The Hall–Kier alpha value is -1.32. The molecule has 0 saturated carbocycles. The minimum Gasteiger partial charge on any atom is -0.335 e. The summed E-state index contributed by atoms with van der Waals surface area (Å²) >= 11 is 7.92. The summed E-state index contributed by atoms with van der Waals surface area (Å²) in [7, 11) is 0. The first-order valence-electron chi connectivity index (χ1n) is 6.82. The molecule has 1 aliphatic heterocycles. The molecule has 1 fully saturated rings. The zero-order valence-corrected chi connectivity index (χ0v) is 12.7. The van der Waals surface area contributed by atoms with Gasteiger partial charge < -0.3 is 4.90 Å². The molecule has 2 nitrogen and oxygen atoms in total. The second kappa shape index (κ2) is 5.98. The summed E-state index contributed by atoms with van der Waals surface area (Å²) in [6.07, 6.45) is 2.55. The molecule has 1 amide bonds. The van der Waals surface area contributed by atoms with Gasteiger partial charge >= 0.3 is 0 Å². The molecule has 1 aliphatic rings. The fourth-order valence-corrected chi connectivity index (χ4v) is 3.76. The predicted molar refractivity (Wildman–Crippen MR) is 83.2 cm³/mol. The highest BCUT2D eigenvalue weighted by Gasteiger charge is 2.30. The monoisotopic (exact) mass is 305 g/mol. The molecule has 0 spiro atoms. The number of benzene rings is 1. The lowest BCUT2D eigenvalue weighted by Gasteiger charge is -2.25. The summed E-state index contributed by atoms with van der Waals surface area (Å²) in [6, 6.07) is 12.0. The highest BCUT2D eigenvalue weighted by atomic mass is 35.5. The van der Waals surface area contributed by atoms with Crippen molar-refractivity contribution >= 4 is 28.8 Å². The lowest BCUT2D eigenvalue weighted by molar-refractivity contribution is -0.131. The highest BCUT2D eigenvalue weighted by Crippen LogP contribution is 2.36. The quantitative estimate of drug-likeness (QED) is 0.827.